The van der Waals surface area contributed by atoms with Crippen LogP contribution in [0, 0.1) is 11.8 Å². The van der Waals surface area contributed by atoms with Crippen molar-refractivity contribution in [1.29, 1.82) is 0 Å². The van der Waals surface area contributed by atoms with Gasteiger partial charge in [0.2, 0.25) is 11.8 Å². The van der Waals surface area contributed by atoms with Crippen molar-refractivity contribution in [3.63, 3.8) is 0 Å². The third kappa shape index (κ3) is 11.8. The molecule has 43 heavy (non-hydrogen) atoms. The van der Waals surface area contributed by atoms with E-state index in [2.05, 4.69) is 10.6 Å². The number of carbonyl (C=O) groups is 5. The monoisotopic (exact) mass is 602 g/mol. The SMILES string of the molecule is COC(=O)C[C@@H](NC(=O)OCc1ccccc1)NC(=O)[C@H]1CCCN(C(=O)CCC2CCN(C(=O)OC(C)(C)C)CC2)C1. The summed E-state index contributed by atoms with van der Waals surface area (Å²) in [5.41, 5.74) is 0.265. The second-order valence-corrected chi connectivity index (χ2v) is 12.2. The Labute approximate surface area is 253 Å². The van der Waals surface area contributed by atoms with Gasteiger partial charge in [-0.15, -0.1) is 0 Å². The number of nitrogens with zero attached hydrogens (tertiary/aromatic N) is 2. The van der Waals surface area contributed by atoms with Crippen LogP contribution in [-0.2, 0) is 35.2 Å². The van der Waals surface area contributed by atoms with E-state index in [1.54, 1.807) is 9.80 Å². The number of nitrogens with one attached hydrogen (secondary N) is 2. The summed E-state index contributed by atoms with van der Waals surface area (Å²) in [6.07, 6.45) is 1.62. The highest BCUT2D eigenvalue weighted by Gasteiger charge is 2.32. The predicted molar refractivity (Wildman–Crippen MR) is 157 cm³/mol. The second kappa shape index (κ2) is 16.1. The van der Waals surface area contributed by atoms with Crippen LogP contribution in [0.25, 0.3) is 0 Å². The van der Waals surface area contributed by atoms with Gasteiger partial charge in [-0.2, -0.15) is 0 Å². The number of likely N-dealkylation sites (tertiary alicyclic amines) is 2. The number of ether oxygens (including phenoxy) is 3. The van der Waals surface area contributed by atoms with Crippen LogP contribution in [-0.4, -0.2) is 84.8 Å². The molecule has 0 spiro atoms. The van der Waals surface area contributed by atoms with Gasteiger partial charge in [0.1, 0.15) is 18.4 Å². The highest BCUT2D eigenvalue weighted by Crippen LogP contribution is 2.25. The maximum Gasteiger partial charge on any atom is 0.410 e. The quantitative estimate of drug-likeness (QED) is 0.235. The number of esters is 1. The highest BCUT2D eigenvalue weighted by molar-refractivity contribution is 5.83. The van der Waals surface area contributed by atoms with Crippen molar-refractivity contribution in [3.8, 4) is 0 Å². The smallest absolute Gasteiger partial charge is 0.410 e. The Morgan fingerprint density at radius 1 is 0.953 bits per heavy atom. The summed E-state index contributed by atoms with van der Waals surface area (Å²) in [6, 6.07) is 9.13. The number of methoxy groups -OCH3 is 1. The summed E-state index contributed by atoms with van der Waals surface area (Å²) >= 11 is 0. The largest absolute Gasteiger partial charge is 0.469 e. The van der Waals surface area contributed by atoms with Crippen LogP contribution in [0.3, 0.4) is 0 Å². The molecule has 238 valence electrons. The summed E-state index contributed by atoms with van der Waals surface area (Å²) in [7, 11) is 1.23. The Kier molecular flexibility index (Phi) is 12.6. The van der Waals surface area contributed by atoms with Crippen LogP contribution < -0.4 is 10.6 Å². The lowest BCUT2D eigenvalue weighted by molar-refractivity contribution is -0.141. The fourth-order valence-electron chi connectivity index (χ4n) is 5.22. The number of rotatable bonds is 10. The molecule has 3 rings (SSSR count). The zero-order valence-electron chi connectivity index (χ0n) is 25.8. The molecule has 0 radical (unpaired) electrons. The number of amides is 4. The number of hydrogen-bond donors (Lipinski definition) is 2. The van der Waals surface area contributed by atoms with E-state index in [4.69, 9.17) is 14.2 Å². The van der Waals surface area contributed by atoms with E-state index >= 15 is 0 Å². The lowest BCUT2D eigenvalue weighted by Gasteiger charge is -2.35. The van der Waals surface area contributed by atoms with Gasteiger partial charge in [-0.1, -0.05) is 30.3 Å². The van der Waals surface area contributed by atoms with Gasteiger partial charge in [0, 0.05) is 32.6 Å². The molecule has 0 aromatic heterocycles. The number of alkyl carbamates (subject to hydrolysis) is 1. The lowest BCUT2D eigenvalue weighted by atomic mass is 9.91. The van der Waals surface area contributed by atoms with Gasteiger partial charge in [0.25, 0.3) is 0 Å². The average Bonchev–Trinajstić information content (AvgIpc) is 2.98. The molecule has 0 saturated carbocycles. The summed E-state index contributed by atoms with van der Waals surface area (Å²) < 4.78 is 15.4. The van der Waals surface area contributed by atoms with E-state index in [0.717, 1.165) is 24.8 Å². The second-order valence-electron chi connectivity index (χ2n) is 12.2. The third-order valence-corrected chi connectivity index (χ3v) is 7.60. The molecular formula is C31H46N4O8. The molecule has 0 bridgehead atoms. The summed E-state index contributed by atoms with van der Waals surface area (Å²) in [5.74, 6) is -1.09. The Bertz CT molecular complexity index is 1100. The molecule has 2 aliphatic heterocycles. The highest BCUT2D eigenvalue weighted by atomic mass is 16.6. The van der Waals surface area contributed by atoms with Crippen molar-refractivity contribution in [2.45, 2.75) is 84.1 Å². The first kappa shape index (κ1) is 33.7. The third-order valence-electron chi connectivity index (χ3n) is 7.60. The van der Waals surface area contributed by atoms with E-state index in [1.165, 1.54) is 7.11 Å². The van der Waals surface area contributed by atoms with Crippen molar-refractivity contribution in [3.05, 3.63) is 35.9 Å². The molecular weight excluding hydrogens is 556 g/mol. The van der Waals surface area contributed by atoms with E-state index < -0.39 is 29.7 Å². The Hall–Kier alpha value is -3.83. The van der Waals surface area contributed by atoms with Gasteiger partial charge >= 0.3 is 18.2 Å². The maximum atomic E-state index is 13.1. The van der Waals surface area contributed by atoms with Gasteiger partial charge < -0.3 is 34.6 Å². The summed E-state index contributed by atoms with van der Waals surface area (Å²) in [4.78, 5) is 66.3. The standard InChI is InChI=1S/C31H46N4O8/c1-31(2,3)43-30(40)34-17-14-22(15-18-34)12-13-26(36)35-16-8-11-24(20-35)28(38)32-25(19-27(37)41-4)33-29(39)42-21-23-9-6-5-7-10-23/h5-7,9-10,22,24-25H,8,11-21H2,1-4H3,(H,32,38)(H,33,39)/t24-,25+/m0/s1. The van der Waals surface area contributed by atoms with Crippen molar-refractivity contribution < 1.29 is 38.2 Å². The average molecular weight is 603 g/mol. The molecule has 2 heterocycles. The maximum absolute atomic E-state index is 13.1. The normalized spacial score (nSPS) is 18.3. The van der Waals surface area contributed by atoms with Crippen molar-refractivity contribution >= 4 is 30.0 Å². The van der Waals surface area contributed by atoms with Gasteiger partial charge in [0.05, 0.1) is 19.4 Å². The zero-order chi connectivity index (χ0) is 31.4. The van der Waals surface area contributed by atoms with Crippen LogP contribution in [0.15, 0.2) is 30.3 Å². The molecule has 4 amide bonds. The van der Waals surface area contributed by atoms with Crippen LogP contribution in [0.5, 0.6) is 0 Å². The Morgan fingerprint density at radius 2 is 1.65 bits per heavy atom. The van der Waals surface area contributed by atoms with Crippen molar-refractivity contribution in [2.75, 3.05) is 33.3 Å². The molecule has 2 aliphatic rings. The van der Waals surface area contributed by atoms with Crippen LogP contribution in [0.1, 0.15) is 71.3 Å². The molecule has 0 unspecified atom stereocenters. The molecule has 2 fully saturated rings. The van der Waals surface area contributed by atoms with E-state index in [9.17, 15) is 24.0 Å². The molecule has 2 atom stereocenters. The molecule has 2 saturated heterocycles. The summed E-state index contributed by atoms with van der Waals surface area (Å²) in [6.45, 7) is 7.65. The lowest BCUT2D eigenvalue weighted by Crippen LogP contribution is -2.53. The van der Waals surface area contributed by atoms with Crippen molar-refractivity contribution in [1.82, 2.24) is 20.4 Å². The van der Waals surface area contributed by atoms with Crippen LogP contribution in [0.4, 0.5) is 9.59 Å². The molecule has 12 heteroatoms. The minimum absolute atomic E-state index is 0.000738. The molecule has 12 nitrogen and oxygen atoms in total. The molecule has 2 N–H and O–H groups in total. The topological polar surface area (TPSA) is 144 Å². The van der Waals surface area contributed by atoms with Crippen LogP contribution >= 0.6 is 0 Å². The number of carbonyl (C=O) groups excluding carboxylic acids is 5. The first-order chi connectivity index (χ1) is 20.4. The minimum Gasteiger partial charge on any atom is -0.469 e. The number of piperidine rings is 2. The first-order valence-electron chi connectivity index (χ1n) is 15.0. The predicted octanol–water partition coefficient (Wildman–Crippen LogP) is 3.58. The van der Waals surface area contributed by atoms with Gasteiger partial charge in [-0.3, -0.25) is 14.4 Å². The Morgan fingerprint density at radius 3 is 2.30 bits per heavy atom. The fraction of sp³-hybridized carbons (Fsp3) is 0.645. The van der Waals surface area contributed by atoms with E-state index in [1.807, 2.05) is 51.1 Å². The van der Waals surface area contributed by atoms with Gasteiger partial charge in [-0.25, -0.2) is 9.59 Å². The molecule has 1 aromatic carbocycles. The summed E-state index contributed by atoms with van der Waals surface area (Å²) in [5, 5.41) is 5.25. The van der Waals surface area contributed by atoms with Gasteiger partial charge in [-0.05, 0) is 64.4 Å². The molecule has 0 aliphatic carbocycles. The van der Waals surface area contributed by atoms with Crippen LogP contribution in [0.2, 0.25) is 0 Å². The number of hydrogen-bond acceptors (Lipinski definition) is 8. The van der Waals surface area contributed by atoms with Crippen molar-refractivity contribution in [2.24, 2.45) is 11.8 Å². The van der Waals surface area contributed by atoms with E-state index in [-0.39, 0.29) is 37.5 Å². The van der Waals surface area contributed by atoms with Gasteiger partial charge in [0.15, 0.2) is 0 Å². The zero-order valence-corrected chi connectivity index (χ0v) is 25.8. The minimum atomic E-state index is -1.03. The molecule has 1 aromatic rings. The number of benzene rings is 1. The fourth-order valence-corrected chi connectivity index (χ4v) is 5.22. The van der Waals surface area contributed by atoms with E-state index in [0.29, 0.717) is 44.8 Å². The first-order valence-corrected chi connectivity index (χ1v) is 15.0. The Balaban J connectivity index is 1.44.